The smallest absolute Gasteiger partial charge is 0.493 e. The topological polar surface area (TPSA) is 94.2 Å². The summed E-state index contributed by atoms with van der Waals surface area (Å²) in [7, 11) is -5.52. The van der Waals surface area contributed by atoms with Gasteiger partial charge in [-0.2, -0.15) is 13.2 Å². The van der Waals surface area contributed by atoms with Gasteiger partial charge in [0, 0.05) is 12.4 Å². The van der Waals surface area contributed by atoms with E-state index in [2.05, 4.69) is 4.98 Å². The van der Waals surface area contributed by atoms with E-state index < -0.39 is 31.8 Å². The average Bonchev–Trinajstić information content (AvgIpc) is 2.86. The van der Waals surface area contributed by atoms with Crippen molar-refractivity contribution in [2.75, 3.05) is 0 Å². The quantitative estimate of drug-likeness (QED) is 0.663. The number of sulfone groups is 1. The maximum absolute atomic E-state index is 12.8. The molecule has 2 heterocycles. The molecular weight excluding hydrogens is 435 g/mol. The molecule has 0 fully saturated rings. The number of hydrogen-bond donors (Lipinski definition) is 1. The number of halogens is 4. The van der Waals surface area contributed by atoms with Gasteiger partial charge in [-0.05, 0) is 42.8 Å². The van der Waals surface area contributed by atoms with Gasteiger partial charge in [0.15, 0.2) is 0 Å². The van der Waals surface area contributed by atoms with E-state index in [4.69, 9.17) is 11.6 Å². The van der Waals surface area contributed by atoms with E-state index in [0.717, 1.165) is 28.8 Å². The van der Waals surface area contributed by atoms with Crippen LogP contribution in [-0.4, -0.2) is 33.2 Å². The molecule has 3 rings (SSSR count). The molecule has 0 unspecified atom stereocenters. The van der Waals surface area contributed by atoms with Crippen molar-refractivity contribution in [2.24, 2.45) is 0 Å². The van der Waals surface area contributed by atoms with Crippen molar-refractivity contribution in [3.8, 4) is 11.6 Å². The SMILES string of the molecule is Cc1c(O)n(-c2ccc(S(=O)(=O)C(F)(F)F)cc2)c(=O)n1Cc1ccncc1Cl. The maximum Gasteiger partial charge on any atom is 0.501 e. The molecule has 0 saturated carbocycles. The summed E-state index contributed by atoms with van der Waals surface area (Å²) in [5.74, 6) is -0.438. The Morgan fingerprint density at radius 1 is 1.17 bits per heavy atom. The number of alkyl halides is 3. The molecule has 0 aliphatic rings. The summed E-state index contributed by atoms with van der Waals surface area (Å²) in [5, 5.41) is 10.7. The van der Waals surface area contributed by atoms with Crippen molar-refractivity contribution in [1.82, 2.24) is 14.1 Å². The van der Waals surface area contributed by atoms with Crippen LogP contribution in [0.4, 0.5) is 13.2 Å². The first-order chi connectivity index (χ1) is 13.4. The van der Waals surface area contributed by atoms with Gasteiger partial charge in [-0.25, -0.2) is 17.8 Å². The number of benzene rings is 1. The molecule has 0 radical (unpaired) electrons. The number of aromatic hydroxyl groups is 1. The maximum atomic E-state index is 12.8. The Balaban J connectivity index is 2.05. The highest BCUT2D eigenvalue weighted by Gasteiger charge is 2.46. The van der Waals surface area contributed by atoms with Gasteiger partial charge in [0.05, 0.1) is 27.8 Å². The van der Waals surface area contributed by atoms with Crippen LogP contribution in [0.2, 0.25) is 5.02 Å². The standard InChI is InChI=1S/C17H13ClF3N3O4S/c1-10-15(25)24(16(26)23(10)9-11-6-7-22-8-14(11)18)12-2-4-13(5-3-12)29(27,28)17(19,20)21/h2-8,25H,9H2,1H3. The van der Waals surface area contributed by atoms with Crippen LogP contribution in [0.25, 0.3) is 5.69 Å². The average molecular weight is 448 g/mol. The highest BCUT2D eigenvalue weighted by atomic mass is 35.5. The molecule has 0 amide bonds. The van der Waals surface area contributed by atoms with E-state index in [1.165, 1.54) is 23.9 Å². The molecule has 0 aliphatic carbocycles. The largest absolute Gasteiger partial charge is 0.501 e. The third-order valence-electron chi connectivity index (χ3n) is 4.26. The zero-order chi connectivity index (χ0) is 21.6. The molecule has 29 heavy (non-hydrogen) atoms. The fourth-order valence-electron chi connectivity index (χ4n) is 2.67. The molecule has 2 aromatic heterocycles. The Bertz CT molecular complexity index is 1230. The Morgan fingerprint density at radius 3 is 2.34 bits per heavy atom. The van der Waals surface area contributed by atoms with Gasteiger partial charge < -0.3 is 5.11 Å². The lowest BCUT2D eigenvalue weighted by atomic mass is 10.2. The van der Waals surface area contributed by atoms with E-state index >= 15 is 0 Å². The van der Waals surface area contributed by atoms with Crippen LogP contribution in [0.1, 0.15) is 11.3 Å². The van der Waals surface area contributed by atoms with Crippen molar-refractivity contribution in [3.63, 3.8) is 0 Å². The summed E-state index contributed by atoms with van der Waals surface area (Å²) < 4.78 is 63.0. The second-order valence-corrected chi connectivity index (χ2v) is 8.37. The molecule has 0 spiro atoms. The van der Waals surface area contributed by atoms with Crippen LogP contribution in [0.15, 0.2) is 52.4 Å². The summed E-state index contributed by atoms with van der Waals surface area (Å²) in [6.07, 6.45) is 2.88. The van der Waals surface area contributed by atoms with Crippen molar-refractivity contribution in [3.05, 3.63) is 69.5 Å². The minimum Gasteiger partial charge on any atom is -0.493 e. The summed E-state index contributed by atoms with van der Waals surface area (Å²) in [4.78, 5) is 15.6. The minimum absolute atomic E-state index is 0.00343. The number of rotatable bonds is 4. The van der Waals surface area contributed by atoms with Crippen molar-refractivity contribution < 1.29 is 26.7 Å². The van der Waals surface area contributed by atoms with E-state index in [1.807, 2.05) is 0 Å². The van der Waals surface area contributed by atoms with Gasteiger partial charge >= 0.3 is 11.2 Å². The number of nitrogens with zero attached hydrogens (tertiary/aromatic N) is 3. The highest BCUT2D eigenvalue weighted by molar-refractivity contribution is 7.92. The van der Waals surface area contributed by atoms with Crippen molar-refractivity contribution in [2.45, 2.75) is 23.9 Å². The van der Waals surface area contributed by atoms with Crippen LogP contribution in [0.3, 0.4) is 0 Å². The molecule has 1 N–H and O–H groups in total. The van der Waals surface area contributed by atoms with Gasteiger partial charge in [-0.1, -0.05) is 11.6 Å². The molecular formula is C17H13ClF3N3O4S. The zero-order valence-corrected chi connectivity index (χ0v) is 16.3. The molecule has 0 atom stereocenters. The van der Waals surface area contributed by atoms with Crippen molar-refractivity contribution >= 4 is 21.4 Å². The molecule has 154 valence electrons. The van der Waals surface area contributed by atoms with Crippen LogP contribution in [-0.2, 0) is 16.4 Å². The second-order valence-electron chi connectivity index (χ2n) is 6.02. The van der Waals surface area contributed by atoms with Gasteiger partial charge in [0.2, 0.25) is 5.88 Å². The number of hydrogen-bond acceptors (Lipinski definition) is 5. The predicted octanol–water partition coefficient (Wildman–Crippen LogP) is 3.04. The van der Waals surface area contributed by atoms with Crippen LogP contribution < -0.4 is 5.69 Å². The monoisotopic (exact) mass is 447 g/mol. The van der Waals surface area contributed by atoms with Gasteiger partial charge in [0.25, 0.3) is 9.84 Å². The molecule has 3 aromatic rings. The molecule has 0 bridgehead atoms. The van der Waals surface area contributed by atoms with Crippen molar-refractivity contribution in [1.29, 1.82) is 0 Å². The number of imidazole rings is 1. The molecule has 12 heteroatoms. The van der Waals surface area contributed by atoms with E-state index in [0.29, 0.717) is 10.6 Å². The Hall–Kier alpha value is -2.79. The Morgan fingerprint density at radius 2 is 1.79 bits per heavy atom. The van der Waals surface area contributed by atoms with E-state index in [-0.39, 0.29) is 17.9 Å². The van der Waals surface area contributed by atoms with Gasteiger partial charge in [-0.3, -0.25) is 9.55 Å². The van der Waals surface area contributed by atoms with E-state index in [1.54, 1.807) is 6.07 Å². The first kappa shape index (κ1) is 20.9. The van der Waals surface area contributed by atoms with Crippen LogP contribution in [0.5, 0.6) is 5.88 Å². The highest BCUT2D eigenvalue weighted by Crippen LogP contribution is 2.31. The Kier molecular flexibility index (Phi) is 5.22. The molecule has 0 aliphatic heterocycles. The second kappa shape index (κ2) is 7.23. The zero-order valence-electron chi connectivity index (χ0n) is 14.7. The first-order valence-electron chi connectivity index (χ1n) is 7.96. The summed E-state index contributed by atoms with van der Waals surface area (Å²) >= 11 is 6.04. The minimum atomic E-state index is -5.52. The predicted molar refractivity (Wildman–Crippen MR) is 98.0 cm³/mol. The van der Waals surface area contributed by atoms with Crippen LogP contribution in [0, 0.1) is 6.92 Å². The summed E-state index contributed by atoms with van der Waals surface area (Å²) in [6.45, 7) is 1.50. The lowest BCUT2D eigenvalue weighted by Gasteiger charge is -2.09. The third kappa shape index (κ3) is 3.62. The van der Waals surface area contributed by atoms with E-state index in [9.17, 15) is 31.5 Å². The molecule has 1 aromatic carbocycles. The normalized spacial score (nSPS) is 12.3. The molecule has 0 saturated heterocycles. The summed E-state index contributed by atoms with van der Waals surface area (Å²) in [6, 6.07) is 5.04. The Labute approximate surface area is 167 Å². The summed E-state index contributed by atoms with van der Waals surface area (Å²) in [5.41, 5.74) is -5.38. The fraction of sp³-hybridized carbons (Fsp3) is 0.176. The first-order valence-corrected chi connectivity index (χ1v) is 9.82. The van der Waals surface area contributed by atoms with Gasteiger partial charge in [0.1, 0.15) is 0 Å². The van der Waals surface area contributed by atoms with Crippen LogP contribution >= 0.6 is 11.6 Å². The lowest BCUT2D eigenvalue weighted by molar-refractivity contribution is -0.0436. The third-order valence-corrected chi connectivity index (χ3v) is 6.10. The number of aromatic nitrogens is 3. The fourth-order valence-corrected chi connectivity index (χ4v) is 3.61. The lowest BCUT2D eigenvalue weighted by Crippen LogP contribution is -2.25. The molecule has 7 nitrogen and oxygen atoms in total. The van der Waals surface area contributed by atoms with Gasteiger partial charge in [-0.15, -0.1) is 0 Å². The number of pyridine rings is 1.